The third-order valence-corrected chi connectivity index (χ3v) is 3.03. The molecule has 0 bridgehead atoms. The molecular formula is C13H15ClN4O2. The van der Waals surface area contributed by atoms with Crippen LogP contribution in [0.15, 0.2) is 30.6 Å². The van der Waals surface area contributed by atoms with Crippen LogP contribution in [0.1, 0.15) is 12.7 Å². The first-order valence-electron chi connectivity index (χ1n) is 6.08. The normalized spacial score (nSPS) is 11.9. The monoisotopic (exact) mass is 294 g/mol. The lowest BCUT2D eigenvalue weighted by molar-refractivity contribution is -0.137. The molecule has 1 amide bonds. The fourth-order valence-corrected chi connectivity index (χ4v) is 1.88. The lowest BCUT2D eigenvalue weighted by Gasteiger charge is -2.21. The van der Waals surface area contributed by atoms with Crippen LogP contribution in [-0.2, 0) is 11.3 Å². The maximum atomic E-state index is 12.2. The summed E-state index contributed by atoms with van der Waals surface area (Å²) in [6.45, 7) is 2.03. The fraction of sp³-hybridized carbons (Fsp3) is 0.308. The molecule has 2 aromatic rings. The summed E-state index contributed by atoms with van der Waals surface area (Å²) in [6.07, 6.45) is 0.764. The van der Waals surface area contributed by atoms with Gasteiger partial charge in [-0.15, -0.1) is 0 Å². The molecule has 0 radical (unpaired) electrons. The molecule has 2 rings (SSSR count). The summed E-state index contributed by atoms with van der Waals surface area (Å²) in [4.78, 5) is 17.7. The number of nitrogens with one attached hydrogen (secondary N) is 1. The average Bonchev–Trinajstić information content (AvgIpc) is 2.93. The quantitative estimate of drug-likeness (QED) is 0.914. The number of rotatable bonds is 5. The van der Waals surface area contributed by atoms with Gasteiger partial charge < -0.3 is 9.64 Å². The third-order valence-electron chi connectivity index (χ3n) is 2.72. The molecule has 6 nitrogen and oxygen atoms in total. The van der Waals surface area contributed by atoms with Gasteiger partial charge in [-0.3, -0.25) is 9.89 Å². The molecule has 0 aliphatic carbocycles. The van der Waals surface area contributed by atoms with Gasteiger partial charge in [-0.1, -0.05) is 23.7 Å². The number of aromatic nitrogens is 3. The van der Waals surface area contributed by atoms with Crippen LogP contribution in [-0.4, -0.2) is 39.1 Å². The Kier molecular flexibility index (Phi) is 4.57. The number of para-hydroxylation sites is 1. The van der Waals surface area contributed by atoms with Crippen LogP contribution in [0.25, 0.3) is 0 Å². The number of carbonyl (C=O) groups excluding carboxylic acids is 1. The van der Waals surface area contributed by atoms with Crippen LogP contribution in [0.3, 0.4) is 0 Å². The van der Waals surface area contributed by atoms with Crippen molar-refractivity contribution in [2.45, 2.75) is 19.6 Å². The van der Waals surface area contributed by atoms with E-state index < -0.39 is 6.10 Å². The lowest BCUT2D eigenvalue weighted by Crippen LogP contribution is -2.37. The van der Waals surface area contributed by atoms with Crippen molar-refractivity contribution in [1.82, 2.24) is 20.1 Å². The number of benzene rings is 1. The Hall–Kier alpha value is -2.08. The van der Waals surface area contributed by atoms with Gasteiger partial charge in [0.1, 0.15) is 17.9 Å². The third kappa shape index (κ3) is 3.48. The molecule has 0 saturated carbocycles. The molecule has 7 heteroatoms. The number of ether oxygens (including phenoxy) is 1. The van der Waals surface area contributed by atoms with Crippen molar-refractivity contribution in [3.8, 4) is 5.75 Å². The van der Waals surface area contributed by atoms with E-state index in [0.717, 1.165) is 0 Å². The van der Waals surface area contributed by atoms with Gasteiger partial charge >= 0.3 is 0 Å². The van der Waals surface area contributed by atoms with E-state index in [-0.39, 0.29) is 5.91 Å². The zero-order chi connectivity index (χ0) is 14.5. The summed E-state index contributed by atoms with van der Waals surface area (Å²) in [5, 5.41) is 6.92. The van der Waals surface area contributed by atoms with E-state index >= 15 is 0 Å². The predicted molar refractivity (Wildman–Crippen MR) is 74.4 cm³/mol. The van der Waals surface area contributed by atoms with Crippen molar-refractivity contribution < 1.29 is 9.53 Å². The van der Waals surface area contributed by atoms with Crippen LogP contribution in [0, 0.1) is 0 Å². The molecule has 0 fully saturated rings. The Labute approximate surface area is 121 Å². The van der Waals surface area contributed by atoms with Gasteiger partial charge in [0.2, 0.25) is 0 Å². The summed E-state index contributed by atoms with van der Waals surface area (Å²) in [6, 6.07) is 7.04. The Balaban J connectivity index is 1.96. The van der Waals surface area contributed by atoms with Crippen molar-refractivity contribution in [3.05, 3.63) is 41.4 Å². The SMILES string of the molecule is CC(Oc1ccccc1Cl)C(=O)N(C)Cc1ncn[nH]1. The van der Waals surface area contributed by atoms with Crippen molar-refractivity contribution in [3.63, 3.8) is 0 Å². The Morgan fingerprint density at radius 3 is 2.90 bits per heavy atom. The van der Waals surface area contributed by atoms with E-state index in [1.807, 2.05) is 0 Å². The molecule has 1 aromatic carbocycles. The van der Waals surface area contributed by atoms with E-state index in [0.29, 0.717) is 23.1 Å². The molecule has 20 heavy (non-hydrogen) atoms. The maximum absolute atomic E-state index is 12.2. The number of hydrogen-bond acceptors (Lipinski definition) is 4. The van der Waals surface area contributed by atoms with Gasteiger partial charge in [0, 0.05) is 7.05 Å². The van der Waals surface area contributed by atoms with E-state index in [4.69, 9.17) is 16.3 Å². The topological polar surface area (TPSA) is 71.1 Å². The molecule has 0 spiro atoms. The standard InChI is InChI=1S/C13H15ClN4O2/c1-9(20-11-6-4-3-5-10(11)14)13(19)18(2)7-12-15-8-16-17-12/h3-6,8-9H,7H2,1-2H3,(H,15,16,17). The van der Waals surface area contributed by atoms with Crippen molar-refractivity contribution in [2.24, 2.45) is 0 Å². The highest BCUT2D eigenvalue weighted by molar-refractivity contribution is 6.32. The second kappa shape index (κ2) is 6.38. The average molecular weight is 295 g/mol. The van der Waals surface area contributed by atoms with Crippen LogP contribution in [0.5, 0.6) is 5.75 Å². The smallest absolute Gasteiger partial charge is 0.263 e. The van der Waals surface area contributed by atoms with Crippen LogP contribution >= 0.6 is 11.6 Å². The molecule has 1 heterocycles. The summed E-state index contributed by atoms with van der Waals surface area (Å²) < 4.78 is 5.58. The van der Waals surface area contributed by atoms with Gasteiger partial charge in [-0.2, -0.15) is 5.10 Å². The Bertz CT molecular complexity index is 574. The van der Waals surface area contributed by atoms with Gasteiger partial charge in [-0.05, 0) is 19.1 Å². The highest BCUT2D eigenvalue weighted by atomic mass is 35.5. The molecule has 0 saturated heterocycles. The first kappa shape index (κ1) is 14.3. The van der Waals surface area contributed by atoms with Crippen molar-refractivity contribution >= 4 is 17.5 Å². The summed E-state index contributed by atoms with van der Waals surface area (Å²) in [5.74, 6) is 0.940. The maximum Gasteiger partial charge on any atom is 0.263 e. The number of H-pyrrole nitrogens is 1. The summed E-state index contributed by atoms with van der Waals surface area (Å²) >= 11 is 5.99. The van der Waals surface area contributed by atoms with Gasteiger partial charge in [0.05, 0.1) is 11.6 Å². The molecule has 0 aliphatic heterocycles. The number of halogens is 1. The minimum absolute atomic E-state index is 0.165. The summed E-state index contributed by atoms with van der Waals surface area (Å²) in [7, 11) is 1.68. The van der Waals surface area contributed by atoms with Crippen molar-refractivity contribution in [2.75, 3.05) is 7.05 Å². The molecule has 1 atom stereocenters. The van der Waals surface area contributed by atoms with Crippen LogP contribution in [0.4, 0.5) is 0 Å². The molecule has 1 N–H and O–H groups in total. The van der Waals surface area contributed by atoms with E-state index in [2.05, 4.69) is 15.2 Å². The fourth-order valence-electron chi connectivity index (χ4n) is 1.70. The molecule has 1 aromatic heterocycles. The lowest BCUT2D eigenvalue weighted by atomic mass is 10.3. The zero-order valence-electron chi connectivity index (χ0n) is 11.2. The molecule has 1 unspecified atom stereocenters. The predicted octanol–water partition coefficient (Wildman–Crippen LogP) is 1.88. The first-order valence-corrected chi connectivity index (χ1v) is 6.46. The molecular weight excluding hydrogens is 280 g/mol. The van der Waals surface area contributed by atoms with E-state index in [1.54, 1.807) is 38.2 Å². The molecule has 0 aliphatic rings. The largest absolute Gasteiger partial charge is 0.479 e. The molecule has 106 valence electrons. The van der Waals surface area contributed by atoms with Gasteiger partial charge in [0.25, 0.3) is 5.91 Å². The zero-order valence-corrected chi connectivity index (χ0v) is 12.0. The number of carbonyl (C=O) groups is 1. The van der Waals surface area contributed by atoms with E-state index in [9.17, 15) is 4.79 Å². The number of amides is 1. The van der Waals surface area contributed by atoms with Crippen molar-refractivity contribution in [1.29, 1.82) is 0 Å². The second-order valence-corrected chi connectivity index (χ2v) is 4.72. The Morgan fingerprint density at radius 1 is 1.50 bits per heavy atom. The number of hydrogen-bond donors (Lipinski definition) is 1. The minimum atomic E-state index is -0.636. The van der Waals surface area contributed by atoms with Gasteiger partial charge in [-0.25, -0.2) is 4.98 Å². The van der Waals surface area contributed by atoms with Gasteiger partial charge in [0.15, 0.2) is 6.10 Å². The van der Waals surface area contributed by atoms with Crippen LogP contribution in [0.2, 0.25) is 5.02 Å². The highest BCUT2D eigenvalue weighted by Gasteiger charge is 2.20. The second-order valence-electron chi connectivity index (χ2n) is 4.32. The highest BCUT2D eigenvalue weighted by Crippen LogP contribution is 2.24. The number of likely N-dealkylation sites (N-methyl/N-ethyl adjacent to an activating group) is 1. The minimum Gasteiger partial charge on any atom is -0.479 e. The first-order chi connectivity index (χ1) is 9.58. The van der Waals surface area contributed by atoms with E-state index in [1.165, 1.54) is 11.2 Å². The number of aromatic amines is 1. The Morgan fingerprint density at radius 2 is 2.25 bits per heavy atom. The van der Waals surface area contributed by atoms with Crippen LogP contribution < -0.4 is 4.74 Å². The summed E-state index contributed by atoms with van der Waals surface area (Å²) in [5.41, 5.74) is 0. The number of nitrogens with zero attached hydrogens (tertiary/aromatic N) is 3.